The zero-order valence-electron chi connectivity index (χ0n) is 16.2. The Morgan fingerprint density at radius 3 is 2.76 bits per heavy atom. The molecule has 0 saturated carbocycles. The Labute approximate surface area is 175 Å². The van der Waals surface area contributed by atoms with Gasteiger partial charge < -0.3 is 14.8 Å². The van der Waals surface area contributed by atoms with E-state index >= 15 is 0 Å². The predicted octanol–water partition coefficient (Wildman–Crippen LogP) is 3.25. The highest BCUT2D eigenvalue weighted by molar-refractivity contribution is 9.10. The van der Waals surface area contributed by atoms with E-state index in [9.17, 15) is 9.59 Å². The highest BCUT2D eigenvalue weighted by Gasteiger charge is 2.28. The maximum absolute atomic E-state index is 11.9. The van der Waals surface area contributed by atoms with Crippen molar-refractivity contribution in [1.82, 2.24) is 14.4 Å². The maximum atomic E-state index is 11.9. The summed E-state index contributed by atoms with van der Waals surface area (Å²) in [4.78, 5) is 32.7. The van der Waals surface area contributed by atoms with E-state index in [2.05, 4.69) is 63.3 Å². The SMILES string of the molecule is CCc1cccc(C)c1CNc1nc(Br)c2n3c(C)c(nc13)COC(=O)C(=O)O2. The van der Waals surface area contributed by atoms with Crippen LogP contribution in [0.3, 0.4) is 0 Å². The van der Waals surface area contributed by atoms with Crippen LogP contribution in [0.2, 0.25) is 0 Å². The number of nitrogens with zero attached hydrogens (tertiary/aromatic N) is 3. The minimum absolute atomic E-state index is 0.0933. The highest BCUT2D eigenvalue weighted by atomic mass is 79.9. The van der Waals surface area contributed by atoms with Gasteiger partial charge in [0, 0.05) is 12.2 Å². The molecule has 2 bridgehead atoms. The number of nitrogens with one attached hydrogen (secondary N) is 1. The smallest absolute Gasteiger partial charge is 0.424 e. The average molecular weight is 459 g/mol. The van der Waals surface area contributed by atoms with Crippen LogP contribution in [-0.2, 0) is 33.9 Å². The first-order valence-corrected chi connectivity index (χ1v) is 9.97. The summed E-state index contributed by atoms with van der Waals surface area (Å²) in [5, 5.41) is 3.36. The fraction of sp³-hybridized carbons (Fsp3) is 0.300. The lowest BCUT2D eigenvalue weighted by Crippen LogP contribution is -2.24. The molecule has 0 fully saturated rings. The standard InChI is InChI=1S/C20H19BrN4O4/c1-4-12-7-5-6-10(2)13(12)8-22-16-17-23-14-9-28-19(26)20(27)29-18(15(21)24-16)25(17)11(14)3/h5-7H,4,8-9H2,1-3H3,(H,22,24). The lowest BCUT2D eigenvalue weighted by molar-refractivity contribution is -0.163. The summed E-state index contributed by atoms with van der Waals surface area (Å²) in [6, 6.07) is 6.25. The predicted molar refractivity (Wildman–Crippen MR) is 109 cm³/mol. The minimum Gasteiger partial charge on any atom is -0.451 e. The third kappa shape index (κ3) is 3.35. The van der Waals surface area contributed by atoms with Crippen LogP contribution in [0.15, 0.2) is 22.8 Å². The van der Waals surface area contributed by atoms with Crippen molar-refractivity contribution in [3.8, 4) is 5.88 Å². The zero-order valence-corrected chi connectivity index (χ0v) is 17.8. The first kappa shape index (κ1) is 19.4. The number of esters is 2. The van der Waals surface area contributed by atoms with Gasteiger partial charge >= 0.3 is 11.9 Å². The van der Waals surface area contributed by atoms with Gasteiger partial charge in [0.2, 0.25) is 5.88 Å². The molecule has 1 aromatic carbocycles. The van der Waals surface area contributed by atoms with Crippen molar-refractivity contribution >= 4 is 39.3 Å². The number of aryl methyl sites for hydroxylation is 3. The van der Waals surface area contributed by atoms with Gasteiger partial charge in [0.05, 0.1) is 0 Å². The number of carbonyl (C=O) groups excluding carboxylic acids is 2. The minimum atomic E-state index is -1.10. The molecule has 0 spiro atoms. The Morgan fingerprint density at radius 1 is 1.21 bits per heavy atom. The Bertz CT molecular complexity index is 1160. The Kier molecular flexibility index (Phi) is 4.99. The lowest BCUT2D eigenvalue weighted by atomic mass is 10.00. The molecule has 0 saturated heterocycles. The number of anilines is 1. The van der Waals surface area contributed by atoms with E-state index in [1.807, 2.05) is 6.92 Å². The van der Waals surface area contributed by atoms with Crippen molar-refractivity contribution in [2.24, 2.45) is 0 Å². The van der Waals surface area contributed by atoms with Crippen molar-refractivity contribution < 1.29 is 19.1 Å². The second kappa shape index (κ2) is 7.47. The first-order valence-electron chi connectivity index (χ1n) is 9.18. The van der Waals surface area contributed by atoms with E-state index in [0.29, 0.717) is 29.4 Å². The van der Waals surface area contributed by atoms with Crippen molar-refractivity contribution in [2.75, 3.05) is 5.32 Å². The molecule has 2 aromatic heterocycles. The van der Waals surface area contributed by atoms with Gasteiger partial charge in [-0.3, -0.25) is 4.40 Å². The molecule has 0 amide bonds. The highest BCUT2D eigenvalue weighted by Crippen LogP contribution is 2.32. The molecule has 29 heavy (non-hydrogen) atoms. The zero-order chi connectivity index (χ0) is 20.7. The van der Waals surface area contributed by atoms with Crippen LogP contribution >= 0.6 is 15.9 Å². The van der Waals surface area contributed by atoms with E-state index in [4.69, 9.17) is 9.47 Å². The second-order valence-electron chi connectivity index (χ2n) is 6.74. The van der Waals surface area contributed by atoms with Gasteiger partial charge in [0.15, 0.2) is 16.1 Å². The van der Waals surface area contributed by atoms with Gasteiger partial charge in [0.25, 0.3) is 0 Å². The molecule has 9 heteroatoms. The largest absolute Gasteiger partial charge is 0.451 e. The number of halogens is 1. The Hall–Kier alpha value is -2.94. The number of hydrogen-bond donors (Lipinski definition) is 1. The van der Waals surface area contributed by atoms with E-state index in [-0.39, 0.29) is 17.1 Å². The average Bonchev–Trinajstić information content (AvgIpc) is 3.04. The Morgan fingerprint density at radius 2 is 2.00 bits per heavy atom. The molecule has 4 rings (SSSR count). The van der Waals surface area contributed by atoms with Crippen molar-refractivity contribution in [2.45, 2.75) is 40.3 Å². The summed E-state index contributed by atoms with van der Waals surface area (Å²) < 4.78 is 12.2. The summed E-state index contributed by atoms with van der Waals surface area (Å²) in [6.45, 7) is 6.48. The normalized spacial score (nSPS) is 13.7. The topological polar surface area (TPSA) is 94.8 Å². The summed E-state index contributed by atoms with van der Waals surface area (Å²) in [5.74, 6) is -1.54. The third-order valence-corrected chi connectivity index (χ3v) is 5.54. The Balaban J connectivity index is 1.79. The molecular formula is C20H19BrN4O4. The summed E-state index contributed by atoms with van der Waals surface area (Å²) in [5.41, 5.74) is 5.40. The number of cyclic esters (lactones) is 1. The van der Waals surface area contributed by atoms with Crippen LogP contribution in [-0.4, -0.2) is 26.3 Å². The maximum Gasteiger partial charge on any atom is 0.424 e. The van der Waals surface area contributed by atoms with E-state index < -0.39 is 11.9 Å². The molecule has 3 aromatic rings. The summed E-state index contributed by atoms with van der Waals surface area (Å²) >= 11 is 3.35. The first-order chi connectivity index (χ1) is 13.9. The van der Waals surface area contributed by atoms with Gasteiger partial charge in [-0.15, -0.1) is 0 Å². The number of aromatic nitrogens is 3. The molecule has 1 N–H and O–H groups in total. The number of carbonyl (C=O) groups is 2. The summed E-state index contributed by atoms with van der Waals surface area (Å²) in [6.07, 6.45) is 0.929. The van der Waals surface area contributed by atoms with Gasteiger partial charge in [-0.2, -0.15) is 0 Å². The quantitative estimate of drug-likeness (QED) is 0.473. The molecular weight excluding hydrogens is 440 g/mol. The number of fused-ring (bicyclic) bond motifs is 1. The number of rotatable bonds is 4. The van der Waals surface area contributed by atoms with E-state index in [0.717, 1.165) is 6.42 Å². The van der Waals surface area contributed by atoms with Gasteiger partial charge in [-0.05, 0) is 52.9 Å². The molecule has 8 nitrogen and oxygen atoms in total. The van der Waals surface area contributed by atoms with E-state index in [1.165, 1.54) is 16.7 Å². The van der Waals surface area contributed by atoms with Crippen LogP contribution in [0.1, 0.15) is 35.0 Å². The van der Waals surface area contributed by atoms with Crippen molar-refractivity contribution in [3.63, 3.8) is 0 Å². The lowest BCUT2D eigenvalue weighted by Gasteiger charge is -2.15. The number of ether oxygens (including phenoxy) is 2. The summed E-state index contributed by atoms with van der Waals surface area (Å²) in [7, 11) is 0. The molecule has 150 valence electrons. The molecule has 0 unspecified atom stereocenters. The molecule has 0 aliphatic carbocycles. The third-order valence-electron chi connectivity index (χ3n) is 5.02. The molecule has 1 aliphatic rings. The number of imidazole rings is 1. The van der Waals surface area contributed by atoms with Crippen LogP contribution in [0.25, 0.3) is 5.65 Å². The molecule has 3 heterocycles. The second-order valence-corrected chi connectivity index (χ2v) is 7.50. The van der Waals surface area contributed by atoms with Gasteiger partial charge in [-0.1, -0.05) is 25.1 Å². The molecule has 0 atom stereocenters. The number of hydrogen-bond acceptors (Lipinski definition) is 7. The molecule has 1 aliphatic heterocycles. The van der Waals surface area contributed by atoms with Crippen LogP contribution < -0.4 is 10.1 Å². The van der Waals surface area contributed by atoms with Crippen molar-refractivity contribution in [1.29, 1.82) is 0 Å². The van der Waals surface area contributed by atoms with Crippen LogP contribution in [0.5, 0.6) is 5.88 Å². The van der Waals surface area contributed by atoms with Gasteiger partial charge in [0.1, 0.15) is 12.3 Å². The fourth-order valence-corrected chi connectivity index (χ4v) is 3.86. The fourth-order valence-electron chi connectivity index (χ4n) is 3.43. The van der Waals surface area contributed by atoms with Crippen LogP contribution in [0.4, 0.5) is 5.82 Å². The van der Waals surface area contributed by atoms with Crippen molar-refractivity contribution in [3.05, 3.63) is 50.9 Å². The van der Waals surface area contributed by atoms with Gasteiger partial charge in [-0.25, -0.2) is 19.6 Å². The van der Waals surface area contributed by atoms with Crippen LogP contribution in [0, 0.1) is 13.8 Å². The van der Waals surface area contributed by atoms with E-state index in [1.54, 1.807) is 4.40 Å². The monoisotopic (exact) mass is 458 g/mol. The number of benzene rings is 1. The molecule has 0 radical (unpaired) electrons.